The Hall–Kier alpha value is -1.000. The zero-order valence-electron chi connectivity index (χ0n) is 10.5. The van der Waals surface area contributed by atoms with Crippen molar-refractivity contribution in [2.45, 2.75) is 19.8 Å². The predicted molar refractivity (Wildman–Crippen MR) is 83.5 cm³/mol. The van der Waals surface area contributed by atoms with Crippen LogP contribution in [0.15, 0.2) is 45.5 Å². The van der Waals surface area contributed by atoms with Gasteiger partial charge in [-0.2, -0.15) is 0 Å². The lowest BCUT2D eigenvalue weighted by atomic mass is 10.0. The predicted octanol–water partition coefficient (Wildman–Crippen LogP) is 4.79. The van der Waals surface area contributed by atoms with Gasteiger partial charge in [0, 0.05) is 20.7 Å². The summed E-state index contributed by atoms with van der Waals surface area (Å²) in [5.41, 5.74) is 2.35. The van der Waals surface area contributed by atoms with E-state index in [2.05, 4.69) is 43.8 Å². The summed E-state index contributed by atoms with van der Waals surface area (Å²) in [5, 5.41) is 0. The second-order valence-corrected chi connectivity index (χ2v) is 6.03. The number of aromatic nitrogens is 1. The molecule has 0 radical (unpaired) electrons. The summed E-state index contributed by atoms with van der Waals surface area (Å²) in [6.45, 7) is 2.14. The summed E-state index contributed by atoms with van der Waals surface area (Å²) < 4.78 is 1.54. The van der Waals surface area contributed by atoms with E-state index in [9.17, 15) is 4.79 Å². The monoisotopic (exact) mass is 381 g/mol. The number of ketones is 1. The molecule has 0 amide bonds. The van der Waals surface area contributed by atoms with Crippen LogP contribution >= 0.6 is 31.9 Å². The zero-order valence-corrected chi connectivity index (χ0v) is 13.7. The normalized spacial score (nSPS) is 10.5. The average Bonchev–Trinajstić information content (AvgIpc) is 2.39. The Morgan fingerprint density at radius 1 is 1.21 bits per heavy atom. The summed E-state index contributed by atoms with van der Waals surface area (Å²) in [5.74, 6) is -0.0672. The Balaban J connectivity index is 2.28. The van der Waals surface area contributed by atoms with E-state index in [4.69, 9.17) is 0 Å². The van der Waals surface area contributed by atoms with Crippen molar-refractivity contribution in [2.75, 3.05) is 0 Å². The van der Waals surface area contributed by atoms with Gasteiger partial charge in [-0.3, -0.25) is 9.78 Å². The fraction of sp³-hybridized carbons (Fsp3) is 0.200. The van der Waals surface area contributed by atoms with E-state index in [1.54, 1.807) is 6.20 Å². The number of benzene rings is 1. The molecule has 0 aliphatic rings. The molecule has 0 aliphatic carbocycles. The Bertz CT molecular complexity index is 594. The van der Waals surface area contributed by atoms with E-state index in [1.807, 2.05) is 30.3 Å². The molecule has 0 saturated heterocycles. The standard InChI is InChI=1S/C15H13Br2NO/c1-2-3-10-4-6-11(7-5-10)15(19)14-13(17)8-12(16)9-18-14/h4-9H,2-3H2,1H3. The highest BCUT2D eigenvalue weighted by atomic mass is 79.9. The number of carbonyl (C=O) groups excluding carboxylic acids is 1. The lowest BCUT2D eigenvalue weighted by Crippen LogP contribution is -2.05. The molecule has 0 aliphatic heterocycles. The number of hydrogen-bond acceptors (Lipinski definition) is 2. The summed E-state index contributed by atoms with van der Waals surface area (Å²) in [4.78, 5) is 16.5. The van der Waals surface area contributed by atoms with E-state index in [1.165, 1.54) is 5.56 Å². The minimum absolute atomic E-state index is 0.0672. The molecule has 0 atom stereocenters. The van der Waals surface area contributed by atoms with Crippen LogP contribution in [-0.2, 0) is 6.42 Å². The zero-order chi connectivity index (χ0) is 13.8. The molecular formula is C15H13Br2NO. The minimum Gasteiger partial charge on any atom is -0.287 e. The Labute approximate surface area is 129 Å². The van der Waals surface area contributed by atoms with E-state index >= 15 is 0 Å². The maximum absolute atomic E-state index is 12.3. The van der Waals surface area contributed by atoms with Crippen LogP contribution in [0.2, 0.25) is 0 Å². The molecule has 4 heteroatoms. The molecule has 0 unspecified atom stereocenters. The van der Waals surface area contributed by atoms with Gasteiger partial charge in [0.25, 0.3) is 0 Å². The van der Waals surface area contributed by atoms with E-state index < -0.39 is 0 Å². The summed E-state index contributed by atoms with van der Waals surface area (Å²) in [7, 11) is 0. The quantitative estimate of drug-likeness (QED) is 0.711. The van der Waals surface area contributed by atoms with Crippen LogP contribution in [0.25, 0.3) is 0 Å². The molecule has 0 saturated carbocycles. The van der Waals surface area contributed by atoms with Gasteiger partial charge >= 0.3 is 0 Å². The topological polar surface area (TPSA) is 30.0 Å². The van der Waals surface area contributed by atoms with Gasteiger partial charge in [0.15, 0.2) is 0 Å². The first-order chi connectivity index (χ1) is 9.11. The van der Waals surface area contributed by atoms with Crippen LogP contribution in [0.3, 0.4) is 0 Å². The smallest absolute Gasteiger partial charge is 0.212 e. The second kappa shape index (κ2) is 6.44. The maximum atomic E-state index is 12.3. The van der Waals surface area contributed by atoms with Gasteiger partial charge in [-0.1, -0.05) is 37.6 Å². The Morgan fingerprint density at radius 2 is 1.89 bits per heavy atom. The molecule has 0 N–H and O–H groups in total. The van der Waals surface area contributed by atoms with E-state index in [0.29, 0.717) is 15.7 Å². The summed E-state index contributed by atoms with van der Waals surface area (Å²) >= 11 is 6.70. The van der Waals surface area contributed by atoms with E-state index in [0.717, 1.165) is 17.3 Å². The van der Waals surface area contributed by atoms with Crippen LogP contribution in [0.4, 0.5) is 0 Å². The van der Waals surface area contributed by atoms with Gasteiger partial charge in [0.1, 0.15) is 5.69 Å². The number of hydrogen-bond donors (Lipinski definition) is 0. The number of rotatable bonds is 4. The summed E-state index contributed by atoms with van der Waals surface area (Å²) in [6.07, 6.45) is 3.77. The lowest BCUT2D eigenvalue weighted by molar-refractivity contribution is 0.103. The first-order valence-corrected chi connectivity index (χ1v) is 7.65. The third kappa shape index (κ3) is 3.51. The van der Waals surface area contributed by atoms with Crippen molar-refractivity contribution in [1.82, 2.24) is 4.98 Å². The van der Waals surface area contributed by atoms with Crippen molar-refractivity contribution in [3.63, 3.8) is 0 Å². The van der Waals surface area contributed by atoms with Crippen LogP contribution in [0.1, 0.15) is 35.0 Å². The molecule has 0 bridgehead atoms. The van der Waals surface area contributed by atoms with Gasteiger partial charge in [0.2, 0.25) is 5.78 Å². The largest absolute Gasteiger partial charge is 0.287 e. The highest BCUT2D eigenvalue weighted by molar-refractivity contribution is 9.11. The van der Waals surface area contributed by atoms with Gasteiger partial charge in [-0.25, -0.2) is 0 Å². The Kier molecular flexibility index (Phi) is 4.88. The number of aryl methyl sites for hydroxylation is 1. The fourth-order valence-corrected chi connectivity index (χ4v) is 3.00. The number of halogens is 2. The average molecular weight is 383 g/mol. The molecule has 2 nitrogen and oxygen atoms in total. The first-order valence-electron chi connectivity index (χ1n) is 6.06. The molecule has 1 aromatic carbocycles. The fourth-order valence-electron chi connectivity index (χ4n) is 1.83. The molecule has 0 fully saturated rings. The second-order valence-electron chi connectivity index (χ2n) is 4.26. The highest BCUT2D eigenvalue weighted by Gasteiger charge is 2.14. The van der Waals surface area contributed by atoms with Crippen LogP contribution in [0.5, 0.6) is 0 Å². The van der Waals surface area contributed by atoms with Crippen molar-refractivity contribution in [1.29, 1.82) is 0 Å². The molecule has 0 spiro atoms. The number of carbonyl (C=O) groups is 1. The molecular weight excluding hydrogens is 370 g/mol. The SMILES string of the molecule is CCCc1ccc(C(=O)c2ncc(Br)cc2Br)cc1. The van der Waals surface area contributed by atoms with Crippen molar-refractivity contribution < 1.29 is 4.79 Å². The highest BCUT2D eigenvalue weighted by Crippen LogP contribution is 2.22. The van der Waals surface area contributed by atoms with E-state index in [-0.39, 0.29) is 5.78 Å². The van der Waals surface area contributed by atoms with Gasteiger partial charge in [-0.15, -0.1) is 0 Å². The maximum Gasteiger partial charge on any atom is 0.212 e. The van der Waals surface area contributed by atoms with Crippen molar-refractivity contribution in [3.05, 3.63) is 62.3 Å². The van der Waals surface area contributed by atoms with Crippen molar-refractivity contribution in [3.8, 4) is 0 Å². The van der Waals surface area contributed by atoms with Crippen LogP contribution < -0.4 is 0 Å². The first kappa shape index (κ1) is 14.4. The molecule has 98 valence electrons. The van der Waals surface area contributed by atoms with Crippen molar-refractivity contribution in [2.24, 2.45) is 0 Å². The van der Waals surface area contributed by atoms with Gasteiger partial charge < -0.3 is 0 Å². The third-order valence-electron chi connectivity index (χ3n) is 2.78. The molecule has 2 aromatic rings. The van der Waals surface area contributed by atoms with Crippen LogP contribution in [-0.4, -0.2) is 10.8 Å². The Morgan fingerprint density at radius 3 is 2.47 bits per heavy atom. The molecule has 1 aromatic heterocycles. The number of nitrogens with zero attached hydrogens (tertiary/aromatic N) is 1. The lowest BCUT2D eigenvalue weighted by Gasteiger charge is -2.05. The van der Waals surface area contributed by atoms with Crippen LogP contribution in [0, 0.1) is 0 Å². The minimum atomic E-state index is -0.0672. The summed E-state index contributed by atoms with van der Waals surface area (Å²) in [6, 6.07) is 9.56. The third-order valence-corrected chi connectivity index (χ3v) is 3.82. The molecule has 1 heterocycles. The van der Waals surface area contributed by atoms with Gasteiger partial charge in [0.05, 0.1) is 0 Å². The molecule has 19 heavy (non-hydrogen) atoms. The molecule has 2 rings (SSSR count). The number of pyridine rings is 1. The van der Waals surface area contributed by atoms with Gasteiger partial charge in [-0.05, 0) is 49.9 Å². The van der Waals surface area contributed by atoms with Crippen molar-refractivity contribution >= 4 is 37.6 Å².